The highest BCUT2D eigenvalue weighted by Crippen LogP contribution is 2.28. The van der Waals surface area contributed by atoms with Crippen molar-refractivity contribution in [2.45, 2.75) is 13.0 Å². The molecule has 2 aromatic rings. The molecule has 0 radical (unpaired) electrons. The molecule has 0 aliphatic rings. The highest BCUT2D eigenvalue weighted by atomic mass is 127. The quantitative estimate of drug-likeness (QED) is 0.735. The van der Waals surface area contributed by atoms with E-state index in [9.17, 15) is 0 Å². The van der Waals surface area contributed by atoms with E-state index in [1.807, 2.05) is 36.4 Å². The van der Waals surface area contributed by atoms with E-state index in [0.29, 0.717) is 0 Å². The first-order valence-corrected chi connectivity index (χ1v) is 7.41. The number of halogens is 2. The number of anilines is 1. The lowest BCUT2D eigenvalue weighted by molar-refractivity contribution is 0.414. The molecule has 0 heterocycles. The predicted octanol–water partition coefficient (Wildman–Crippen LogP) is 5.13. The van der Waals surface area contributed by atoms with Gasteiger partial charge in [-0.25, -0.2) is 0 Å². The molecule has 0 fully saturated rings. The Morgan fingerprint density at radius 1 is 1.21 bits per heavy atom. The summed E-state index contributed by atoms with van der Waals surface area (Å²) in [7, 11) is 1.67. The van der Waals surface area contributed by atoms with Crippen molar-refractivity contribution in [1.29, 1.82) is 0 Å². The van der Waals surface area contributed by atoms with Crippen LogP contribution < -0.4 is 10.1 Å². The average molecular weight is 388 g/mol. The van der Waals surface area contributed by atoms with E-state index in [-0.39, 0.29) is 6.04 Å². The number of hydrogen-bond donors (Lipinski definition) is 1. The Kier molecular flexibility index (Phi) is 4.93. The van der Waals surface area contributed by atoms with Crippen molar-refractivity contribution >= 4 is 39.9 Å². The smallest absolute Gasteiger partial charge is 0.119 e. The van der Waals surface area contributed by atoms with E-state index in [4.69, 9.17) is 16.3 Å². The molecule has 2 rings (SSSR count). The molecule has 2 aromatic carbocycles. The summed E-state index contributed by atoms with van der Waals surface area (Å²) in [5, 5.41) is 4.15. The summed E-state index contributed by atoms with van der Waals surface area (Å²) in [6.45, 7) is 2.10. The summed E-state index contributed by atoms with van der Waals surface area (Å²) in [5.41, 5.74) is 2.10. The molecular weight excluding hydrogens is 373 g/mol. The van der Waals surface area contributed by atoms with Crippen LogP contribution in [-0.2, 0) is 0 Å². The topological polar surface area (TPSA) is 21.3 Å². The lowest BCUT2D eigenvalue weighted by atomic mass is 10.1. The second-order valence-electron chi connectivity index (χ2n) is 4.27. The summed E-state index contributed by atoms with van der Waals surface area (Å²) in [5.74, 6) is 0.861. The molecule has 19 heavy (non-hydrogen) atoms. The number of hydrogen-bond acceptors (Lipinski definition) is 2. The third-order valence-electron chi connectivity index (χ3n) is 2.90. The predicted molar refractivity (Wildman–Crippen MR) is 89.2 cm³/mol. The molecule has 0 saturated heterocycles. The van der Waals surface area contributed by atoms with Gasteiger partial charge in [0.05, 0.1) is 17.8 Å². The summed E-state index contributed by atoms with van der Waals surface area (Å²) >= 11 is 8.48. The fraction of sp³-hybridized carbons (Fsp3) is 0.200. The fourth-order valence-corrected chi connectivity index (χ4v) is 2.74. The lowest BCUT2D eigenvalue weighted by Gasteiger charge is -2.17. The van der Waals surface area contributed by atoms with Crippen LogP contribution in [0.3, 0.4) is 0 Å². The second kappa shape index (κ2) is 6.48. The molecule has 0 aliphatic heterocycles. The van der Waals surface area contributed by atoms with Gasteiger partial charge in [0.15, 0.2) is 0 Å². The Morgan fingerprint density at radius 2 is 2.00 bits per heavy atom. The van der Waals surface area contributed by atoms with Crippen LogP contribution in [-0.4, -0.2) is 7.11 Å². The van der Waals surface area contributed by atoms with Crippen molar-refractivity contribution in [3.8, 4) is 5.75 Å². The van der Waals surface area contributed by atoms with Crippen LogP contribution in [0.4, 0.5) is 5.69 Å². The lowest BCUT2D eigenvalue weighted by Crippen LogP contribution is -2.07. The van der Waals surface area contributed by atoms with Gasteiger partial charge in [0, 0.05) is 9.61 Å². The molecule has 1 atom stereocenters. The van der Waals surface area contributed by atoms with Crippen molar-refractivity contribution in [3.05, 3.63) is 56.6 Å². The minimum atomic E-state index is 0.160. The fourth-order valence-electron chi connectivity index (χ4n) is 1.83. The Hall–Kier alpha value is -0.940. The monoisotopic (exact) mass is 387 g/mol. The van der Waals surface area contributed by atoms with Gasteiger partial charge in [-0.05, 0) is 65.4 Å². The Morgan fingerprint density at radius 3 is 2.68 bits per heavy atom. The standard InChI is InChI=1S/C15H15ClINO/c1-10(11-4-3-5-13(8-11)19-2)18-15-7-6-12(17)9-14(15)16/h3-10,18H,1-2H3. The van der Waals surface area contributed by atoms with Crippen LogP contribution in [0.1, 0.15) is 18.5 Å². The zero-order chi connectivity index (χ0) is 13.8. The van der Waals surface area contributed by atoms with Gasteiger partial charge in [-0.15, -0.1) is 0 Å². The Labute approximate surface area is 132 Å². The van der Waals surface area contributed by atoms with Crippen LogP contribution in [0, 0.1) is 3.57 Å². The highest BCUT2D eigenvalue weighted by molar-refractivity contribution is 14.1. The van der Waals surface area contributed by atoms with Gasteiger partial charge < -0.3 is 10.1 Å². The van der Waals surface area contributed by atoms with Crippen molar-refractivity contribution in [2.75, 3.05) is 12.4 Å². The van der Waals surface area contributed by atoms with Crippen LogP contribution in [0.5, 0.6) is 5.75 Å². The Balaban J connectivity index is 2.17. The normalized spacial score (nSPS) is 12.0. The molecule has 0 aliphatic carbocycles. The summed E-state index contributed by atoms with van der Waals surface area (Å²) in [6.07, 6.45) is 0. The molecule has 0 amide bonds. The van der Waals surface area contributed by atoms with E-state index in [2.05, 4.69) is 40.9 Å². The van der Waals surface area contributed by atoms with E-state index in [1.165, 1.54) is 0 Å². The van der Waals surface area contributed by atoms with Crippen LogP contribution in [0.25, 0.3) is 0 Å². The van der Waals surface area contributed by atoms with Crippen molar-refractivity contribution in [3.63, 3.8) is 0 Å². The molecular formula is C15H15ClINO. The van der Waals surface area contributed by atoms with E-state index in [1.54, 1.807) is 7.11 Å². The SMILES string of the molecule is COc1cccc(C(C)Nc2ccc(I)cc2Cl)c1. The van der Waals surface area contributed by atoms with Crippen molar-refractivity contribution in [2.24, 2.45) is 0 Å². The van der Waals surface area contributed by atoms with Gasteiger partial charge in [-0.2, -0.15) is 0 Å². The maximum Gasteiger partial charge on any atom is 0.119 e. The van der Waals surface area contributed by atoms with Crippen LogP contribution in [0.2, 0.25) is 5.02 Å². The molecule has 4 heteroatoms. The van der Waals surface area contributed by atoms with E-state index < -0.39 is 0 Å². The molecule has 0 saturated carbocycles. The first kappa shape index (κ1) is 14.5. The van der Waals surface area contributed by atoms with Gasteiger partial charge in [-0.3, -0.25) is 0 Å². The summed E-state index contributed by atoms with van der Waals surface area (Å²) < 4.78 is 6.37. The molecule has 0 aromatic heterocycles. The number of benzene rings is 2. The molecule has 1 N–H and O–H groups in total. The number of methoxy groups -OCH3 is 1. The maximum absolute atomic E-state index is 6.23. The minimum Gasteiger partial charge on any atom is -0.497 e. The number of nitrogens with one attached hydrogen (secondary N) is 1. The van der Waals surface area contributed by atoms with Crippen LogP contribution >= 0.6 is 34.2 Å². The van der Waals surface area contributed by atoms with Gasteiger partial charge in [-0.1, -0.05) is 23.7 Å². The third-order valence-corrected chi connectivity index (χ3v) is 3.88. The zero-order valence-corrected chi connectivity index (χ0v) is 13.7. The van der Waals surface area contributed by atoms with Crippen LogP contribution in [0.15, 0.2) is 42.5 Å². The van der Waals surface area contributed by atoms with E-state index >= 15 is 0 Å². The zero-order valence-electron chi connectivity index (χ0n) is 10.8. The molecule has 2 nitrogen and oxygen atoms in total. The first-order chi connectivity index (χ1) is 9.10. The molecule has 0 spiro atoms. The third kappa shape index (κ3) is 3.76. The minimum absolute atomic E-state index is 0.160. The summed E-state index contributed by atoms with van der Waals surface area (Å²) in [6, 6.07) is 14.2. The average Bonchev–Trinajstić information content (AvgIpc) is 2.42. The van der Waals surface area contributed by atoms with Crippen molar-refractivity contribution in [1.82, 2.24) is 0 Å². The summed E-state index contributed by atoms with van der Waals surface area (Å²) in [4.78, 5) is 0. The largest absolute Gasteiger partial charge is 0.497 e. The first-order valence-electron chi connectivity index (χ1n) is 5.95. The van der Waals surface area contributed by atoms with E-state index in [0.717, 1.165) is 25.6 Å². The number of rotatable bonds is 4. The maximum atomic E-state index is 6.23. The number of ether oxygens (including phenoxy) is 1. The van der Waals surface area contributed by atoms with Gasteiger partial charge in [0.25, 0.3) is 0 Å². The molecule has 1 unspecified atom stereocenters. The second-order valence-corrected chi connectivity index (χ2v) is 5.92. The van der Waals surface area contributed by atoms with Crippen molar-refractivity contribution < 1.29 is 4.74 Å². The molecule has 0 bridgehead atoms. The Bertz CT molecular complexity index is 574. The van der Waals surface area contributed by atoms with Gasteiger partial charge in [0.2, 0.25) is 0 Å². The van der Waals surface area contributed by atoms with Gasteiger partial charge in [0.1, 0.15) is 5.75 Å². The van der Waals surface area contributed by atoms with Gasteiger partial charge >= 0.3 is 0 Å². The highest BCUT2D eigenvalue weighted by Gasteiger charge is 2.08. The molecule has 100 valence electrons.